The molecule has 0 saturated carbocycles. The van der Waals surface area contributed by atoms with Crippen molar-refractivity contribution in [2.75, 3.05) is 10.9 Å². The molecule has 0 aliphatic rings. The number of aromatic hydroxyl groups is 2. The Kier molecular flexibility index (Phi) is 10.8. The maximum Gasteiger partial charge on any atom is 0.280 e. The molecule has 0 atom stereocenters. The van der Waals surface area contributed by atoms with Crippen LogP contribution in [-0.4, -0.2) is 31.4 Å². The van der Waals surface area contributed by atoms with Crippen LogP contribution in [0, 0.1) is 0 Å². The minimum atomic E-state index is -0.887. The number of amides is 2. The summed E-state index contributed by atoms with van der Waals surface area (Å²) in [6.07, 6.45) is 0.322. The number of carbonyl (C=O) groups is 2. The molecular formula is C48H56N4O8. The van der Waals surface area contributed by atoms with Gasteiger partial charge in [0.2, 0.25) is 11.8 Å². The standard InChI is InChI=1S/C48H56N4O8/c1-45(2,3)31-21-25(22-32(39(31)55)46(4,5)6)13-19-35(53)49-51-41(57)27-15-16-28(42(51)58)38-30-18-17-29(37(27)38)43(59)52(44(30)60)50-36(54)20-14-26-23-33(47(7,8)9)40(56)34(24-26)48(10,11)12/h15-18,21-24,55-56H,13-14,19-20H2,1-12H3,(H,49,53)(H,50,54). The summed E-state index contributed by atoms with van der Waals surface area (Å²) in [4.78, 5) is 83.1. The summed E-state index contributed by atoms with van der Waals surface area (Å²) in [6, 6.07) is 13.0. The van der Waals surface area contributed by atoms with Crippen molar-refractivity contribution in [3.63, 3.8) is 0 Å². The van der Waals surface area contributed by atoms with Gasteiger partial charge >= 0.3 is 0 Å². The van der Waals surface area contributed by atoms with Crippen LogP contribution in [0.1, 0.15) is 129 Å². The Bertz CT molecular complexity index is 2590. The number of fused-ring (bicyclic) bond motifs is 6. The van der Waals surface area contributed by atoms with E-state index in [2.05, 4.69) is 10.9 Å². The van der Waals surface area contributed by atoms with Gasteiger partial charge in [-0.25, -0.2) is 0 Å². The second kappa shape index (κ2) is 14.9. The fraction of sp³-hybridized carbons (Fsp3) is 0.417. The van der Waals surface area contributed by atoms with Crippen molar-refractivity contribution in [2.45, 2.75) is 130 Å². The molecule has 12 nitrogen and oxygen atoms in total. The van der Waals surface area contributed by atoms with E-state index in [0.29, 0.717) is 9.35 Å². The van der Waals surface area contributed by atoms with Crippen LogP contribution >= 0.6 is 0 Å². The molecule has 4 N–H and O–H groups in total. The largest absolute Gasteiger partial charge is 0.507 e. The minimum absolute atomic E-state index is 0.0669. The molecule has 0 fully saturated rings. The van der Waals surface area contributed by atoms with Crippen LogP contribution in [0.15, 0.2) is 67.7 Å². The van der Waals surface area contributed by atoms with E-state index >= 15 is 0 Å². The van der Waals surface area contributed by atoms with E-state index in [9.17, 15) is 39.0 Å². The van der Waals surface area contributed by atoms with Crippen molar-refractivity contribution >= 4 is 44.1 Å². The van der Waals surface area contributed by atoms with Gasteiger partial charge in [0.1, 0.15) is 11.5 Å². The number of hydrogen-bond acceptors (Lipinski definition) is 8. The van der Waals surface area contributed by atoms with Gasteiger partial charge < -0.3 is 10.2 Å². The average molecular weight is 817 g/mol. The number of phenols is 2. The zero-order valence-electron chi connectivity index (χ0n) is 36.7. The molecule has 0 radical (unpaired) electrons. The molecule has 8 aromatic rings. The number of benzene rings is 4. The predicted molar refractivity (Wildman–Crippen MR) is 239 cm³/mol. The summed E-state index contributed by atoms with van der Waals surface area (Å²) in [7, 11) is 0. The number of nitrogens with one attached hydrogen (secondary N) is 2. The summed E-state index contributed by atoms with van der Waals surface area (Å²) in [5.41, 5.74) is 4.44. The number of rotatable bonds is 8. The fourth-order valence-corrected chi connectivity index (χ4v) is 7.92. The summed E-state index contributed by atoms with van der Waals surface area (Å²) in [5.74, 6) is -0.804. The Hall–Kier alpha value is -6.04. The van der Waals surface area contributed by atoms with Crippen molar-refractivity contribution < 1.29 is 19.8 Å². The van der Waals surface area contributed by atoms with Crippen molar-refractivity contribution in [3.05, 3.63) is 123 Å². The lowest BCUT2D eigenvalue weighted by atomic mass is 9.78. The molecule has 0 spiro atoms. The van der Waals surface area contributed by atoms with Gasteiger partial charge in [-0.2, -0.15) is 9.35 Å². The Morgan fingerprint density at radius 1 is 0.467 bits per heavy atom. The van der Waals surface area contributed by atoms with Crippen LogP contribution in [0.3, 0.4) is 0 Å². The summed E-state index contributed by atoms with van der Waals surface area (Å²) >= 11 is 0. The van der Waals surface area contributed by atoms with E-state index in [1.165, 1.54) is 24.3 Å². The van der Waals surface area contributed by atoms with Gasteiger partial charge in [-0.1, -0.05) is 107 Å². The lowest BCUT2D eigenvalue weighted by molar-refractivity contribution is -0.117. The van der Waals surface area contributed by atoms with Gasteiger partial charge in [0.05, 0.1) is 21.5 Å². The van der Waals surface area contributed by atoms with Gasteiger partial charge in [-0.15, -0.1) is 0 Å². The highest BCUT2D eigenvalue weighted by Crippen LogP contribution is 2.41. The molecule has 0 aliphatic carbocycles. The van der Waals surface area contributed by atoms with Crippen LogP contribution in [-0.2, 0) is 44.1 Å². The van der Waals surface area contributed by atoms with E-state index in [0.717, 1.165) is 33.4 Å². The highest BCUT2D eigenvalue weighted by atomic mass is 16.3. The molecular weight excluding hydrogens is 761 g/mol. The summed E-state index contributed by atoms with van der Waals surface area (Å²) in [5, 5.41) is 22.1. The van der Waals surface area contributed by atoms with Crippen LogP contribution in [0.4, 0.5) is 0 Å². The molecule has 4 aromatic heterocycles. The quantitative estimate of drug-likeness (QED) is 0.126. The third-order valence-electron chi connectivity index (χ3n) is 11.2. The molecule has 0 unspecified atom stereocenters. The van der Waals surface area contributed by atoms with Crippen LogP contribution in [0.5, 0.6) is 11.5 Å². The Labute approximate surface area is 348 Å². The number of nitrogens with zero attached hydrogens (tertiary/aromatic N) is 2. The van der Waals surface area contributed by atoms with Crippen LogP contribution in [0.2, 0.25) is 0 Å². The monoisotopic (exact) mass is 816 g/mol. The number of carbonyl (C=O) groups excluding carboxylic acids is 2. The van der Waals surface area contributed by atoms with Crippen LogP contribution in [0.25, 0.3) is 32.3 Å². The molecule has 60 heavy (non-hydrogen) atoms. The lowest BCUT2D eigenvalue weighted by Gasteiger charge is -2.28. The number of aromatic nitrogens is 2. The number of aryl methyl sites for hydroxylation is 2. The van der Waals surface area contributed by atoms with E-state index in [1.807, 2.05) is 107 Å². The van der Waals surface area contributed by atoms with E-state index in [4.69, 9.17) is 0 Å². The number of hydrogen-bond donors (Lipinski definition) is 4. The van der Waals surface area contributed by atoms with Gasteiger partial charge in [-0.3, -0.25) is 39.6 Å². The Morgan fingerprint density at radius 3 is 0.917 bits per heavy atom. The molecule has 12 heteroatoms. The van der Waals surface area contributed by atoms with Crippen molar-refractivity contribution in [1.29, 1.82) is 0 Å². The maximum absolute atomic E-state index is 14.1. The van der Waals surface area contributed by atoms with Crippen molar-refractivity contribution in [2.24, 2.45) is 0 Å². The van der Waals surface area contributed by atoms with E-state index in [-0.39, 0.29) is 91.2 Å². The van der Waals surface area contributed by atoms with Gasteiger partial charge in [-0.05, 0) is 92.1 Å². The molecule has 4 bridgehead atoms. The molecule has 0 saturated heterocycles. The third-order valence-corrected chi connectivity index (χ3v) is 11.2. The van der Waals surface area contributed by atoms with Crippen molar-refractivity contribution in [3.8, 4) is 11.5 Å². The lowest BCUT2D eigenvalue weighted by Crippen LogP contribution is -2.41. The molecule has 8 rings (SSSR count). The van der Waals surface area contributed by atoms with E-state index in [1.54, 1.807) is 0 Å². The van der Waals surface area contributed by atoms with E-state index < -0.39 is 34.1 Å². The average Bonchev–Trinajstić information content (AvgIpc) is 3.40. The SMILES string of the molecule is CC(C)(C)c1cc(CCC(=O)Nn2c(=O)c3ccc(c2=O)c2c4ccc(c(=O)n(NC(=O)CCc5cc(C(C)(C)C)c(O)c(C(C)(C)C)c5)c4=O)c32)cc(C(C)(C)C)c1O. The Balaban J connectivity index is 1.33. The highest BCUT2D eigenvalue weighted by Gasteiger charge is 2.29. The smallest absolute Gasteiger partial charge is 0.280 e. The summed E-state index contributed by atoms with van der Waals surface area (Å²) < 4.78 is 1.24. The zero-order chi connectivity index (χ0) is 44.6. The molecule has 2 amide bonds. The topological polar surface area (TPSA) is 177 Å². The minimum Gasteiger partial charge on any atom is -0.507 e. The Morgan fingerprint density at radius 2 is 0.700 bits per heavy atom. The first-order valence-corrected chi connectivity index (χ1v) is 20.3. The van der Waals surface area contributed by atoms with Gasteiger partial charge in [0.15, 0.2) is 0 Å². The van der Waals surface area contributed by atoms with Gasteiger partial charge in [0.25, 0.3) is 22.2 Å². The first kappa shape index (κ1) is 43.5. The van der Waals surface area contributed by atoms with Crippen LogP contribution < -0.4 is 33.1 Å². The third kappa shape index (κ3) is 7.99. The summed E-state index contributed by atoms with van der Waals surface area (Å²) in [6.45, 7) is 23.9. The van der Waals surface area contributed by atoms with Crippen molar-refractivity contribution in [1.82, 2.24) is 9.35 Å². The molecule has 4 aromatic carbocycles. The van der Waals surface area contributed by atoms with Gasteiger partial charge in [0, 0.05) is 23.6 Å². The first-order chi connectivity index (χ1) is 27.6. The molecule has 4 heterocycles. The second-order valence-electron chi connectivity index (χ2n) is 20.1. The predicted octanol–water partition coefficient (Wildman–Crippen LogP) is 7.07. The normalized spacial score (nSPS) is 12.8. The first-order valence-electron chi connectivity index (χ1n) is 20.3. The zero-order valence-corrected chi connectivity index (χ0v) is 36.7. The molecule has 316 valence electrons. The highest BCUT2D eigenvalue weighted by molar-refractivity contribution is 6.22. The molecule has 0 aliphatic heterocycles. The fourth-order valence-electron chi connectivity index (χ4n) is 7.92. The number of phenolic OH excluding ortho intramolecular Hbond substituents is 2. The maximum atomic E-state index is 14.1. The second-order valence-corrected chi connectivity index (χ2v) is 20.1.